The first-order valence-corrected chi connectivity index (χ1v) is 8.25. The fourth-order valence-corrected chi connectivity index (χ4v) is 3.46. The number of nitrogens with two attached hydrogens (primary N) is 1. The molecule has 0 bridgehead atoms. The second kappa shape index (κ2) is 7.00. The van der Waals surface area contributed by atoms with Crippen molar-refractivity contribution in [2.45, 2.75) is 17.4 Å². The van der Waals surface area contributed by atoms with Gasteiger partial charge in [0.05, 0.1) is 11.5 Å². The Balaban J connectivity index is 2.15. The van der Waals surface area contributed by atoms with E-state index in [2.05, 4.69) is 4.72 Å². The van der Waals surface area contributed by atoms with Crippen LogP contribution >= 0.6 is 0 Å². The zero-order valence-electron chi connectivity index (χ0n) is 12.0. The maximum absolute atomic E-state index is 12.4. The predicted octanol–water partition coefficient (Wildman–Crippen LogP) is 1.48. The van der Waals surface area contributed by atoms with Gasteiger partial charge in [0, 0.05) is 25.1 Å². The number of rotatable bonds is 7. The lowest BCUT2D eigenvalue weighted by molar-refractivity contribution is 0.177. The molecule has 0 amide bonds. The molecule has 114 valence electrons. The van der Waals surface area contributed by atoms with Crippen molar-refractivity contribution >= 4 is 20.8 Å². The number of fused-ring (bicyclic) bond motifs is 1. The third-order valence-electron chi connectivity index (χ3n) is 3.23. The molecule has 0 aliphatic heterocycles. The molecule has 0 aromatic heterocycles. The van der Waals surface area contributed by atoms with Gasteiger partial charge < -0.3 is 10.5 Å². The highest BCUT2D eigenvalue weighted by atomic mass is 32.2. The van der Waals surface area contributed by atoms with Crippen LogP contribution < -0.4 is 10.5 Å². The first-order chi connectivity index (χ1) is 10.0. The van der Waals surface area contributed by atoms with Crippen molar-refractivity contribution in [2.75, 3.05) is 20.3 Å². The fourth-order valence-electron chi connectivity index (χ4n) is 2.18. The zero-order valence-corrected chi connectivity index (χ0v) is 12.8. The van der Waals surface area contributed by atoms with Gasteiger partial charge in [0.25, 0.3) is 0 Å². The smallest absolute Gasteiger partial charge is 0.241 e. The molecule has 3 N–H and O–H groups in total. The van der Waals surface area contributed by atoms with E-state index in [4.69, 9.17) is 10.5 Å². The molecule has 0 fully saturated rings. The van der Waals surface area contributed by atoms with Crippen LogP contribution in [0.25, 0.3) is 10.8 Å². The van der Waals surface area contributed by atoms with Crippen molar-refractivity contribution < 1.29 is 13.2 Å². The Morgan fingerprint density at radius 3 is 2.67 bits per heavy atom. The van der Waals surface area contributed by atoms with Gasteiger partial charge in [0.1, 0.15) is 0 Å². The molecule has 6 heteroatoms. The normalized spacial score (nSPS) is 13.4. The summed E-state index contributed by atoms with van der Waals surface area (Å²) in [5, 5.41) is 1.62. The van der Waals surface area contributed by atoms with Crippen molar-refractivity contribution in [3.05, 3.63) is 42.5 Å². The third kappa shape index (κ3) is 4.01. The Bertz CT molecular complexity index is 696. The first-order valence-electron chi connectivity index (χ1n) is 6.76. The van der Waals surface area contributed by atoms with Crippen LogP contribution in [0.3, 0.4) is 0 Å². The lowest BCUT2D eigenvalue weighted by Crippen LogP contribution is -2.33. The maximum atomic E-state index is 12.4. The molecule has 1 atom stereocenters. The first kappa shape index (κ1) is 15.9. The molecule has 1 unspecified atom stereocenters. The van der Waals surface area contributed by atoms with Crippen molar-refractivity contribution in [1.82, 2.24) is 4.72 Å². The molecule has 2 aromatic rings. The summed E-state index contributed by atoms with van der Waals surface area (Å²) in [4.78, 5) is 0.293. The Kier molecular flexibility index (Phi) is 5.30. The van der Waals surface area contributed by atoms with Crippen molar-refractivity contribution in [3.63, 3.8) is 0 Å². The van der Waals surface area contributed by atoms with Gasteiger partial charge in [-0.2, -0.15) is 0 Å². The molecule has 2 rings (SSSR count). The van der Waals surface area contributed by atoms with Crippen LogP contribution in [0.15, 0.2) is 47.4 Å². The summed E-state index contributed by atoms with van der Waals surface area (Å²) < 4.78 is 32.3. The van der Waals surface area contributed by atoms with E-state index in [0.717, 1.165) is 5.39 Å². The van der Waals surface area contributed by atoms with Gasteiger partial charge in [-0.3, -0.25) is 0 Å². The molecule has 0 radical (unpaired) electrons. The van der Waals surface area contributed by atoms with Gasteiger partial charge in [-0.1, -0.05) is 36.4 Å². The van der Waals surface area contributed by atoms with Crippen molar-refractivity contribution in [1.29, 1.82) is 0 Å². The molecule has 0 heterocycles. The summed E-state index contributed by atoms with van der Waals surface area (Å²) >= 11 is 0. The number of hydrogen-bond acceptors (Lipinski definition) is 4. The molecule has 21 heavy (non-hydrogen) atoms. The van der Waals surface area contributed by atoms with Gasteiger partial charge in [-0.25, -0.2) is 13.1 Å². The van der Waals surface area contributed by atoms with E-state index in [1.807, 2.05) is 24.3 Å². The van der Waals surface area contributed by atoms with E-state index in [-0.39, 0.29) is 12.6 Å². The van der Waals surface area contributed by atoms with Crippen LogP contribution in [-0.4, -0.2) is 34.7 Å². The highest BCUT2D eigenvalue weighted by Gasteiger charge is 2.16. The largest absolute Gasteiger partial charge is 0.383 e. The molecular formula is C15H20N2O3S. The minimum atomic E-state index is -3.54. The van der Waals surface area contributed by atoms with Crippen molar-refractivity contribution in [3.8, 4) is 0 Å². The van der Waals surface area contributed by atoms with Gasteiger partial charge in [0.15, 0.2) is 0 Å². The summed E-state index contributed by atoms with van der Waals surface area (Å²) in [5.74, 6) is 0. The number of sulfonamides is 1. The van der Waals surface area contributed by atoms with Crippen LogP contribution in [0, 0.1) is 0 Å². The Labute approximate surface area is 125 Å². The number of ether oxygens (including phenoxy) is 1. The van der Waals surface area contributed by atoms with Gasteiger partial charge >= 0.3 is 0 Å². The van der Waals surface area contributed by atoms with E-state index in [9.17, 15) is 8.42 Å². The summed E-state index contributed by atoms with van der Waals surface area (Å²) in [6, 6.07) is 12.5. The van der Waals surface area contributed by atoms with Gasteiger partial charge in [0.2, 0.25) is 10.0 Å². The zero-order chi connectivity index (χ0) is 15.3. The highest BCUT2D eigenvalue weighted by molar-refractivity contribution is 7.89. The summed E-state index contributed by atoms with van der Waals surface area (Å²) in [6.07, 6.45) is 0.526. The van der Waals surface area contributed by atoms with E-state index in [0.29, 0.717) is 23.3 Å². The summed E-state index contributed by atoms with van der Waals surface area (Å²) in [6.45, 7) is 0.700. The average molecular weight is 308 g/mol. The monoisotopic (exact) mass is 308 g/mol. The second-order valence-corrected chi connectivity index (χ2v) is 6.61. The van der Waals surface area contributed by atoms with Crippen LogP contribution in [0.4, 0.5) is 0 Å². The lowest BCUT2D eigenvalue weighted by Gasteiger charge is -2.12. The van der Waals surface area contributed by atoms with Crippen LogP contribution in [0.5, 0.6) is 0 Å². The third-order valence-corrected chi connectivity index (χ3v) is 4.75. The topological polar surface area (TPSA) is 81.4 Å². The fraction of sp³-hybridized carbons (Fsp3) is 0.333. The maximum Gasteiger partial charge on any atom is 0.241 e. The van der Waals surface area contributed by atoms with Crippen LogP contribution in [0.1, 0.15) is 6.42 Å². The number of methoxy groups -OCH3 is 1. The van der Waals surface area contributed by atoms with Gasteiger partial charge in [-0.05, 0) is 17.9 Å². The molecule has 0 spiro atoms. The van der Waals surface area contributed by atoms with E-state index in [1.165, 1.54) is 0 Å². The molecule has 2 aromatic carbocycles. The van der Waals surface area contributed by atoms with Crippen molar-refractivity contribution in [2.24, 2.45) is 5.73 Å². The van der Waals surface area contributed by atoms with Crippen LogP contribution in [0.2, 0.25) is 0 Å². The quantitative estimate of drug-likeness (QED) is 0.812. The second-order valence-electron chi connectivity index (χ2n) is 4.88. The van der Waals surface area contributed by atoms with E-state index >= 15 is 0 Å². The van der Waals surface area contributed by atoms with Crippen LogP contribution in [-0.2, 0) is 14.8 Å². The lowest BCUT2D eigenvalue weighted by atomic mass is 10.1. The minimum absolute atomic E-state index is 0.176. The predicted molar refractivity (Wildman–Crippen MR) is 83.6 cm³/mol. The molecule has 0 saturated heterocycles. The van der Waals surface area contributed by atoms with E-state index in [1.54, 1.807) is 25.3 Å². The Morgan fingerprint density at radius 1 is 1.19 bits per heavy atom. The SMILES string of the molecule is COCC(N)CCNS(=O)(=O)c1cccc2ccccc12. The summed E-state index contributed by atoms with van der Waals surface area (Å²) in [7, 11) is -1.97. The number of hydrogen-bond donors (Lipinski definition) is 2. The minimum Gasteiger partial charge on any atom is -0.383 e. The average Bonchev–Trinajstić information content (AvgIpc) is 2.46. The van der Waals surface area contributed by atoms with E-state index < -0.39 is 10.0 Å². The van der Waals surface area contributed by atoms with Gasteiger partial charge in [-0.15, -0.1) is 0 Å². The highest BCUT2D eigenvalue weighted by Crippen LogP contribution is 2.22. The molecular weight excluding hydrogens is 288 g/mol. The Morgan fingerprint density at radius 2 is 1.90 bits per heavy atom. The summed E-state index contributed by atoms with van der Waals surface area (Å²) in [5.41, 5.74) is 5.78. The molecule has 0 saturated carbocycles. The molecule has 0 aliphatic rings. The molecule has 0 aliphatic carbocycles. The standard InChI is InChI=1S/C15H20N2O3S/c1-20-11-13(16)9-10-17-21(18,19)15-8-4-6-12-5-2-3-7-14(12)15/h2-8,13,17H,9-11,16H2,1H3. The molecule has 5 nitrogen and oxygen atoms in total. The number of benzene rings is 2. The number of nitrogens with one attached hydrogen (secondary N) is 1. The Hall–Kier alpha value is -1.47.